The topological polar surface area (TPSA) is 104 Å². The molecule has 3 aromatic heterocycles. The number of imidazole rings is 1. The standard InChI is InChI=1S/C21H22N8O/c1-13-11-28(12-14(2)24-13)21-23-10-18(25-26-21)16-4-3-15(9-19(16)30)17-5-6-20-22-7-8-29(20)27-17/h3-10,13-14,24,30H,11-12H2,1-2H3/t13-,14+. The van der Waals surface area contributed by atoms with Crippen LogP contribution < -0.4 is 10.2 Å². The second kappa shape index (κ2) is 7.34. The number of piperazine rings is 1. The van der Waals surface area contributed by atoms with Gasteiger partial charge in [0.2, 0.25) is 5.95 Å². The Kier molecular flexibility index (Phi) is 4.51. The van der Waals surface area contributed by atoms with Crippen LogP contribution in [-0.4, -0.2) is 60.1 Å². The number of benzene rings is 1. The highest BCUT2D eigenvalue weighted by Gasteiger charge is 2.23. The molecule has 0 unspecified atom stereocenters. The van der Waals surface area contributed by atoms with E-state index >= 15 is 0 Å². The number of hydrogen-bond donors (Lipinski definition) is 2. The van der Waals surface area contributed by atoms with Crippen molar-refractivity contribution < 1.29 is 5.11 Å². The van der Waals surface area contributed by atoms with E-state index in [1.54, 1.807) is 29.2 Å². The normalized spacial score (nSPS) is 19.3. The van der Waals surface area contributed by atoms with Crippen molar-refractivity contribution in [3.8, 4) is 28.3 Å². The predicted molar refractivity (Wildman–Crippen MR) is 113 cm³/mol. The smallest absolute Gasteiger partial charge is 0.245 e. The van der Waals surface area contributed by atoms with Crippen molar-refractivity contribution in [1.82, 2.24) is 35.1 Å². The number of phenolic OH excluding ortho intramolecular Hbond substituents is 1. The number of phenols is 1. The van der Waals surface area contributed by atoms with Crippen LogP contribution in [0.3, 0.4) is 0 Å². The summed E-state index contributed by atoms with van der Waals surface area (Å²) in [5.41, 5.74) is 3.42. The zero-order valence-electron chi connectivity index (χ0n) is 16.8. The monoisotopic (exact) mass is 402 g/mol. The van der Waals surface area contributed by atoms with Gasteiger partial charge in [-0.05, 0) is 38.1 Å². The molecule has 4 heterocycles. The van der Waals surface area contributed by atoms with Crippen molar-refractivity contribution in [2.45, 2.75) is 25.9 Å². The van der Waals surface area contributed by atoms with E-state index in [2.05, 4.69) is 49.3 Å². The molecule has 9 nitrogen and oxygen atoms in total. The van der Waals surface area contributed by atoms with Gasteiger partial charge in [-0.3, -0.25) is 0 Å². The molecule has 0 aliphatic carbocycles. The molecule has 30 heavy (non-hydrogen) atoms. The largest absolute Gasteiger partial charge is 0.507 e. The number of nitrogens with zero attached hydrogens (tertiary/aromatic N) is 7. The molecule has 9 heteroatoms. The van der Waals surface area contributed by atoms with Crippen molar-refractivity contribution in [2.24, 2.45) is 0 Å². The van der Waals surface area contributed by atoms with E-state index in [1.807, 2.05) is 24.3 Å². The summed E-state index contributed by atoms with van der Waals surface area (Å²) in [6.45, 7) is 5.95. The summed E-state index contributed by atoms with van der Waals surface area (Å²) >= 11 is 0. The van der Waals surface area contributed by atoms with Gasteiger partial charge in [0.25, 0.3) is 0 Å². The van der Waals surface area contributed by atoms with Crippen LogP contribution in [-0.2, 0) is 0 Å². The lowest BCUT2D eigenvalue weighted by atomic mass is 10.1. The van der Waals surface area contributed by atoms with E-state index in [0.29, 0.717) is 29.3 Å². The Morgan fingerprint density at radius 1 is 1.00 bits per heavy atom. The van der Waals surface area contributed by atoms with Gasteiger partial charge in [-0.15, -0.1) is 10.2 Å². The van der Waals surface area contributed by atoms with Crippen LogP contribution in [0.2, 0.25) is 0 Å². The number of anilines is 1. The molecule has 1 aliphatic rings. The summed E-state index contributed by atoms with van der Waals surface area (Å²) in [6.07, 6.45) is 5.14. The van der Waals surface area contributed by atoms with Gasteiger partial charge in [0, 0.05) is 48.7 Å². The number of nitrogens with one attached hydrogen (secondary N) is 1. The first-order chi connectivity index (χ1) is 14.6. The molecule has 2 atom stereocenters. The number of rotatable bonds is 3. The van der Waals surface area contributed by atoms with Crippen molar-refractivity contribution in [2.75, 3.05) is 18.0 Å². The lowest BCUT2D eigenvalue weighted by Gasteiger charge is -2.35. The van der Waals surface area contributed by atoms with Crippen LogP contribution in [0.25, 0.3) is 28.2 Å². The average molecular weight is 402 g/mol. The molecule has 0 amide bonds. The first-order valence-corrected chi connectivity index (χ1v) is 9.92. The summed E-state index contributed by atoms with van der Waals surface area (Å²) in [5.74, 6) is 0.709. The van der Waals surface area contributed by atoms with Crippen LogP contribution in [0.4, 0.5) is 5.95 Å². The van der Waals surface area contributed by atoms with E-state index < -0.39 is 0 Å². The van der Waals surface area contributed by atoms with Gasteiger partial charge in [0.1, 0.15) is 11.4 Å². The van der Waals surface area contributed by atoms with Gasteiger partial charge in [-0.2, -0.15) is 5.10 Å². The van der Waals surface area contributed by atoms with Crippen molar-refractivity contribution >= 4 is 11.6 Å². The van der Waals surface area contributed by atoms with E-state index in [4.69, 9.17) is 0 Å². The van der Waals surface area contributed by atoms with E-state index in [9.17, 15) is 5.11 Å². The lowest BCUT2D eigenvalue weighted by Crippen LogP contribution is -2.54. The highest BCUT2D eigenvalue weighted by Crippen LogP contribution is 2.31. The van der Waals surface area contributed by atoms with Gasteiger partial charge >= 0.3 is 0 Å². The minimum Gasteiger partial charge on any atom is -0.507 e. The van der Waals surface area contributed by atoms with Gasteiger partial charge in [-0.1, -0.05) is 6.07 Å². The second-order valence-corrected chi connectivity index (χ2v) is 7.70. The van der Waals surface area contributed by atoms with E-state index in [1.165, 1.54) is 0 Å². The molecule has 1 saturated heterocycles. The van der Waals surface area contributed by atoms with Gasteiger partial charge in [0.15, 0.2) is 5.65 Å². The quantitative estimate of drug-likeness (QED) is 0.537. The summed E-state index contributed by atoms with van der Waals surface area (Å²) in [4.78, 5) is 10.8. The Morgan fingerprint density at radius 2 is 1.83 bits per heavy atom. The van der Waals surface area contributed by atoms with Crippen molar-refractivity contribution in [1.29, 1.82) is 0 Å². The summed E-state index contributed by atoms with van der Waals surface area (Å²) < 4.78 is 1.70. The zero-order valence-corrected chi connectivity index (χ0v) is 16.8. The Balaban J connectivity index is 1.40. The highest BCUT2D eigenvalue weighted by molar-refractivity contribution is 5.72. The molecule has 0 saturated carbocycles. The fraction of sp³-hybridized carbons (Fsp3) is 0.286. The van der Waals surface area contributed by atoms with Gasteiger partial charge in [0.05, 0.1) is 11.9 Å². The molecule has 2 N–H and O–H groups in total. The maximum absolute atomic E-state index is 10.6. The molecule has 0 bridgehead atoms. The predicted octanol–water partition coefficient (Wildman–Crippen LogP) is 2.14. The van der Waals surface area contributed by atoms with Gasteiger partial charge < -0.3 is 15.3 Å². The van der Waals surface area contributed by atoms with E-state index in [0.717, 1.165) is 30.0 Å². The van der Waals surface area contributed by atoms with Gasteiger partial charge in [-0.25, -0.2) is 14.5 Å². The summed E-state index contributed by atoms with van der Waals surface area (Å²) in [6, 6.07) is 9.88. The molecular formula is C21H22N8O. The van der Waals surface area contributed by atoms with Crippen LogP contribution in [0, 0.1) is 0 Å². The van der Waals surface area contributed by atoms with Crippen molar-refractivity contribution in [3.05, 3.63) is 48.9 Å². The van der Waals surface area contributed by atoms with Crippen molar-refractivity contribution in [3.63, 3.8) is 0 Å². The Labute approximate surface area is 173 Å². The molecule has 1 aliphatic heterocycles. The summed E-state index contributed by atoms with van der Waals surface area (Å²) in [7, 11) is 0. The average Bonchev–Trinajstić information content (AvgIpc) is 3.21. The van der Waals surface area contributed by atoms with Crippen LogP contribution in [0.1, 0.15) is 13.8 Å². The maximum Gasteiger partial charge on any atom is 0.245 e. The molecule has 4 aromatic rings. The first-order valence-electron chi connectivity index (χ1n) is 9.92. The minimum atomic E-state index is 0.105. The highest BCUT2D eigenvalue weighted by atomic mass is 16.3. The van der Waals surface area contributed by atoms with Crippen LogP contribution >= 0.6 is 0 Å². The fourth-order valence-corrected chi connectivity index (χ4v) is 3.90. The Hall–Kier alpha value is -3.59. The minimum absolute atomic E-state index is 0.105. The third-order valence-corrected chi connectivity index (χ3v) is 5.21. The number of aromatic nitrogens is 6. The maximum atomic E-state index is 10.6. The Bertz CT molecular complexity index is 1180. The molecule has 1 aromatic carbocycles. The third-order valence-electron chi connectivity index (χ3n) is 5.21. The fourth-order valence-electron chi connectivity index (χ4n) is 3.90. The number of aromatic hydroxyl groups is 1. The Morgan fingerprint density at radius 3 is 2.57 bits per heavy atom. The molecule has 152 valence electrons. The summed E-state index contributed by atoms with van der Waals surface area (Å²) in [5, 5.41) is 27.2. The SMILES string of the molecule is C[C@@H]1CN(c2ncc(-c3ccc(-c4ccc5nccn5n4)cc3O)nn2)C[C@H](C)N1. The first kappa shape index (κ1) is 18.4. The lowest BCUT2D eigenvalue weighted by molar-refractivity contribution is 0.402. The third kappa shape index (κ3) is 3.43. The van der Waals surface area contributed by atoms with Crippen LogP contribution in [0.5, 0.6) is 5.75 Å². The molecular weight excluding hydrogens is 380 g/mol. The number of fused-ring (bicyclic) bond motifs is 1. The molecule has 1 fully saturated rings. The molecule has 5 rings (SSSR count). The molecule has 0 radical (unpaired) electrons. The second-order valence-electron chi connectivity index (χ2n) is 7.70. The number of hydrogen-bond acceptors (Lipinski definition) is 8. The van der Waals surface area contributed by atoms with E-state index in [-0.39, 0.29) is 5.75 Å². The molecule has 0 spiro atoms. The van der Waals surface area contributed by atoms with Crippen LogP contribution in [0.15, 0.2) is 48.9 Å². The zero-order chi connectivity index (χ0) is 20.7.